The summed E-state index contributed by atoms with van der Waals surface area (Å²) >= 11 is 0.810. The quantitative estimate of drug-likeness (QED) is 0.350. The summed E-state index contributed by atoms with van der Waals surface area (Å²) in [4.78, 5) is 28.7. The molecular weight excluding hydrogens is 485 g/mol. The number of halogens is 5. The fourth-order valence-corrected chi connectivity index (χ4v) is 5.52. The molecule has 1 aromatic carbocycles. The van der Waals surface area contributed by atoms with Gasteiger partial charge < -0.3 is 4.90 Å². The average Bonchev–Trinajstić information content (AvgIpc) is 2.77. The van der Waals surface area contributed by atoms with Crippen LogP contribution in [0, 0.1) is 10.1 Å². The molecule has 1 aliphatic carbocycles. The molecule has 0 unspecified atom stereocenters. The Kier molecular flexibility index (Phi) is 6.50. The Balaban J connectivity index is 1.53. The maximum absolute atomic E-state index is 13.5. The van der Waals surface area contributed by atoms with Crippen LogP contribution in [0.2, 0.25) is 0 Å². The van der Waals surface area contributed by atoms with Gasteiger partial charge in [0.05, 0.1) is 15.9 Å². The van der Waals surface area contributed by atoms with Crippen LogP contribution in [0.25, 0.3) is 10.1 Å². The van der Waals surface area contributed by atoms with Crippen molar-refractivity contribution in [2.75, 3.05) is 38.1 Å². The Bertz CT molecular complexity index is 1140. The minimum atomic E-state index is -4.84. The Morgan fingerprint density at radius 3 is 2.35 bits per heavy atom. The van der Waals surface area contributed by atoms with Crippen molar-refractivity contribution in [2.45, 2.75) is 43.8 Å². The van der Waals surface area contributed by atoms with Gasteiger partial charge in [-0.25, -0.2) is 18.8 Å². The van der Waals surface area contributed by atoms with Gasteiger partial charge in [-0.2, -0.15) is 18.2 Å². The van der Waals surface area contributed by atoms with E-state index in [9.17, 15) is 36.9 Å². The summed E-state index contributed by atoms with van der Waals surface area (Å²) in [5.74, 6) is -2.61. The van der Waals surface area contributed by atoms with E-state index in [2.05, 4.69) is 4.98 Å². The van der Waals surface area contributed by atoms with Crippen LogP contribution in [0.15, 0.2) is 16.9 Å². The summed E-state index contributed by atoms with van der Waals surface area (Å²) in [6.07, 6.45) is -4.36. The van der Waals surface area contributed by atoms with Crippen molar-refractivity contribution < 1.29 is 26.9 Å². The van der Waals surface area contributed by atoms with Gasteiger partial charge in [0, 0.05) is 58.2 Å². The van der Waals surface area contributed by atoms with Gasteiger partial charge in [0.15, 0.2) is 5.13 Å². The highest BCUT2D eigenvalue weighted by atomic mass is 32.1. The second-order valence-electron chi connectivity index (χ2n) is 8.53. The van der Waals surface area contributed by atoms with Crippen molar-refractivity contribution in [2.24, 2.45) is 0 Å². The minimum absolute atomic E-state index is 0.00602. The smallest absolute Gasteiger partial charge is 0.345 e. The molecule has 2 aromatic rings. The van der Waals surface area contributed by atoms with Gasteiger partial charge in [-0.1, -0.05) is 11.3 Å². The Morgan fingerprint density at radius 2 is 1.79 bits per heavy atom. The van der Waals surface area contributed by atoms with E-state index in [0.29, 0.717) is 51.2 Å². The number of aromatic nitrogens is 1. The van der Waals surface area contributed by atoms with E-state index in [-0.39, 0.29) is 28.7 Å². The number of nitro benzene ring substituents is 1. The lowest BCUT2D eigenvalue weighted by atomic mass is 9.92. The highest BCUT2D eigenvalue weighted by Crippen LogP contribution is 2.39. The number of fused-ring (bicyclic) bond motifs is 1. The van der Waals surface area contributed by atoms with Crippen molar-refractivity contribution in [1.82, 2.24) is 15.0 Å². The molecule has 2 fully saturated rings. The molecule has 186 valence electrons. The van der Waals surface area contributed by atoms with E-state index in [1.54, 1.807) is 4.90 Å². The zero-order valence-corrected chi connectivity index (χ0v) is 19.0. The second kappa shape index (κ2) is 8.96. The molecule has 0 radical (unpaired) electrons. The third-order valence-corrected chi connectivity index (χ3v) is 7.57. The van der Waals surface area contributed by atoms with Gasteiger partial charge in [0.25, 0.3) is 11.2 Å². The van der Waals surface area contributed by atoms with Crippen LogP contribution in [0.3, 0.4) is 0 Å². The first kappa shape index (κ1) is 24.7. The van der Waals surface area contributed by atoms with E-state index in [1.165, 1.54) is 0 Å². The molecule has 2 aliphatic rings. The molecule has 0 amide bonds. The number of hydrazine groups is 1. The van der Waals surface area contributed by atoms with Crippen molar-refractivity contribution in [3.63, 3.8) is 0 Å². The molecule has 1 saturated carbocycles. The Morgan fingerprint density at radius 1 is 1.18 bits per heavy atom. The molecule has 1 saturated heterocycles. The molecule has 2 heterocycles. The highest BCUT2D eigenvalue weighted by molar-refractivity contribution is 7.22. The summed E-state index contributed by atoms with van der Waals surface area (Å²) in [7, 11) is 1.86. The minimum Gasteiger partial charge on any atom is -0.345 e. The van der Waals surface area contributed by atoms with Crippen molar-refractivity contribution in [3.8, 4) is 0 Å². The van der Waals surface area contributed by atoms with Crippen LogP contribution < -0.4 is 10.5 Å². The Labute approximate surface area is 194 Å². The number of hydrogen-bond acceptors (Lipinski definition) is 8. The summed E-state index contributed by atoms with van der Waals surface area (Å²) in [6.45, 7) is 1.85. The number of piperazine rings is 1. The lowest BCUT2D eigenvalue weighted by molar-refractivity contribution is -0.383. The van der Waals surface area contributed by atoms with Gasteiger partial charge in [0.2, 0.25) is 5.92 Å². The molecule has 14 heteroatoms. The SMILES string of the molecule is CN(C1CCC(F)(F)CC1)N1CCN(c2nc(=O)c3cc(C(F)(F)F)cc([N+](=O)[O-])c3s2)CC1. The van der Waals surface area contributed by atoms with Gasteiger partial charge in [-0.3, -0.25) is 14.9 Å². The monoisotopic (exact) mass is 507 g/mol. The number of anilines is 1. The number of rotatable bonds is 4. The molecule has 34 heavy (non-hydrogen) atoms. The van der Waals surface area contributed by atoms with Crippen LogP contribution in [0.1, 0.15) is 31.2 Å². The summed E-state index contributed by atoms with van der Waals surface area (Å²) in [6, 6.07) is 1.03. The average molecular weight is 507 g/mol. The number of alkyl halides is 5. The molecular formula is C20H22F5N5O3S. The largest absolute Gasteiger partial charge is 0.416 e. The first-order valence-corrected chi connectivity index (χ1v) is 11.5. The maximum atomic E-state index is 13.5. The summed E-state index contributed by atoms with van der Waals surface area (Å²) < 4.78 is 66.2. The number of benzene rings is 1. The van der Waals surface area contributed by atoms with Gasteiger partial charge in [0.1, 0.15) is 4.70 Å². The van der Waals surface area contributed by atoms with E-state index >= 15 is 0 Å². The molecule has 8 nitrogen and oxygen atoms in total. The van der Waals surface area contributed by atoms with Crippen LogP contribution in [-0.4, -0.2) is 65.1 Å². The first-order chi connectivity index (χ1) is 15.9. The van der Waals surface area contributed by atoms with Crippen LogP contribution in [0.4, 0.5) is 32.8 Å². The van der Waals surface area contributed by atoms with Crippen LogP contribution >= 0.6 is 11.3 Å². The third-order valence-electron chi connectivity index (χ3n) is 6.40. The van der Waals surface area contributed by atoms with E-state index in [1.807, 2.05) is 17.1 Å². The van der Waals surface area contributed by atoms with Crippen LogP contribution in [-0.2, 0) is 6.18 Å². The number of hydrogen-bond donors (Lipinski definition) is 0. The fourth-order valence-electron chi connectivity index (χ4n) is 4.41. The van der Waals surface area contributed by atoms with E-state index < -0.39 is 39.2 Å². The first-order valence-electron chi connectivity index (χ1n) is 10.7. The molecule has 1 aromatic heterocycles. The highest BCUT2D eigenvalue weighted by Gasteiger charge is 2.38. The zero-order valence-electron chi connectivity index (χ0n) is 18.1. The second-order valence-corrected chi connectivity index (χ2v) is 9.51. The van der Waals surface area contributed by atoms with E-state index in [4.69, 9.17) is 0 Å². The zero-order chi connectivity index (χ0) is 24.8. The number of non-ortho nitro benzene ring substituents is 1. The van der Waals surface area contributed by atoms with Crippen LogP contribution in [0.5, 0.6) is 0 Å². The molecule has 0 spiro atoms. The normalized spacial score (nSPS) is 20.3. The predicted molar refractivity (Wildman–Crippen MR) is 116 cm³/mol. The topological polar surface area (TPSA) is 82.8 Å². The van der Waals surface area contributed by atoms with Gasteiger partial charge >= 0.3 is 6.18 Å². The maximum Gasteiger partial charge on any atom is 0.416 e. The number of nitro groups is 1. The molecule has 4 rings (SSSR count). The lowest BCUT2D eigenvalue weighted by Gasteiger charge is -2.44. The summed E-state index contributed by atoms with van der Waals surface area (Å²) in [5.41, 5.74) is -3.02. The standard InChI is InChI=1S/C20H22F5N5O3S/c1-27(13-2-4-19(21,22)5-3-13)29-8-6-28(7-9-29)18-26-17(31)14-10-12(20(23,24)25)11-15(30(32)33)16(14)34-18/h10-11,13H,2-9H2,1H3. The molecule has 1 aliphatic heterocycles. The van der Waals surface area contributed by atoms with Crippen molar-refractivity contribution in [3.05, 3.63) is 38.2 Å². The fraction of sp³-hybridized carbons (Fsp3) is 0.600. The van der Waals surface area contributed by atoms with Gasteiger partial charge in [-0.05, 0) is 18.9 Å². The summed E-state index contributed by atoms with van der Waals surface area (Å²) in [5, 5.41) is 15.2. The Hall–Kier alpha value is -2.45. The van der Waals surface area contributed by atoms with Gasteiger partial charge in [-0.15, -0.1) is 0 Å². The molecule has 0 atom stereocenters. The lowest BCUT2D eigenvalue weighted by Crippen LogP contribution is -2.56. The predicted octanol–water partition coefficient (Wildman–Crippen LogP) is 4.13. The molecule has 0 bridgehead atoms. The molecule has 0 N–H and O–H groups in total. The number of nitrogens with zero attached hydrogens (tertiary/aromatic N) is 5. The van der Waals surface area contributed by atoms with E-state index in [0.717, 1.165) is 11.3 Å². The van der Waals surface area contributed by atoms with Crippen molar-refractivity contribution in [1.29, 1.82) is 0 Å². The third kappa shape index (κ3) is 4.98. The van der Waals surface area contributed by atoms with Crippen molar-refractivity contribution >= 4 is 32.2 Å².